The third kappa shape index (κ3) is 4.62. The molecular weight excluding hydrogens is 320 g/mol. The van der Waals surface area contributed by atoms with Crippen LogP contribution in [-0.2, 0) is 20.6 Å². The van der Waals surface area contributed by atoms with Gasteiger partial charge in [0.1, 0.15) is 0 Å². The first-order chi connectivity index (χ1) is 9.58. The van der Waals surface area contributed by atoms with Gasteiger partial charge in [0.25, 0.3) is 0 Å². The molecule has 0 aromatic heterocycles. The van der Waals surface area contributed by atoms with Crippen LogP contribution in [0.3, 0.4) is 0 Å². The van der Waals surface area contributed by atoms with Crippen LogP contribution in [0.1, 0.15) is 32.1 Å². The first-order valence-corrected chi connectivity index (χ1v) is 7.35. The smallest absolute Gasteiger partial charge is 0.371 e. The molecule has 1 fully saturated rings. The molecule has 0 saturated heterocycles. The lowest BCUT2D eigenvalue weighted by Gasteiger charge is -2.28. The van der Waals surface area contributed by atoms with Gasteiger partial charge in [-0.2, -0.15) is 17.6 Å². The molecule has 0 heterocycles. The summed E-state index contributed by atoms with van der Waals surface area (Å²) in [6.07, 6.45) is -0.681. The van der Waals surface area contributed by atoms with Crippen LogP contribution in [0, 0.1) is 5.92 Å². The standard InChI is InChI=1S/C11H16F4O5S/c12-10(13,11(14,15)21(18)19)5-6-20-9(17)7-1-3-8(16)4-2-7/h7-8,16H,1-6H2,(H,18,19)/p-1. The summed E-state index contributed by atoms with van der Waals surface area (Å²) in [5.41, 5.74) is 0. The lowest BCUT2D eigenvalue weighted by molar-refractivity contribution is -0.174. The van der Waals surface area contributed by atoms with Crippen molar-refractivity contribution < 1.29 is 41.0 Å². The largest absolute Gasteiger partial charge is 0.768 e. The van der Waals surface area contributed by atoms with Gasteiger partial charge < -0.3 is 14.4 Å². The van der Waals surface area contributed by atoms with Gasteiger partial charge in [0.2, 0.25) is 0 Å². The van der Waals surface area contributed by atoms with Gasteiger partial charge in [-0.25, -0.2) is 0 Å². The minimum absolute atomic E-state index is 0.330. The van der Waals surface area contributed by atoms with Gasteiger partial charge in [-0.15, -0.1) is 0 Å². The highest BCUT2D eigenvalue weighted by Gasteiger charge is 2.57. The maximum atomic E-state index is 13.0. The molecule has 1 rings (SSSR count). The number of esters is 1. The van der Waals surface area contributed by atoms with Gasteiger partial charge in [-0.05, 0) is 25.7 Å². The zero-order chi connectivity index (χ0) is 16.3. The Hall–Kier alpha value is -0.740. The number of carbonyl (C=O) groups excluding carboxylic acids is 1. The summed E-state index contributed by atoms with van der Waals surface area (Å²) in [5, 5.41) is 4.03. The van der Waals surface area contributed by atoms with Crippen LogP contribution in [0.4, 0.5) is 17.6 Å². The summed E-state index contributed by atoms with van der Waals surface area (Å²) in [6.45, 7) is -1.00. The number of carbonyl (C=O) groups is 1. The molecule has 1 saturated carbocycles. The number of hydrogen-bond donors (Lipinski definition) is 1. The van der Waals surface area contributed by atoms with Crippen molar-refractivity contribution in [2.45, 2.75) is 49.4 Å². The minimum Gasteiger partial charge on any atom is -0.768 e. The van der Waals surface area contributed by atoms with E-state index in [1.807, 2.05) is 0 Å². The van der Waals surface area contributed by atoms with E-state index in [1.54, 1.807) is 0 Å². The summed E-state index contributed by atoms with van der Waals surface area (Å²) < 4.78 is 76.1. The van der Waals surface area contributed by atoms with Crippen molar-refractivity contribution in [3.05, 3.63) is 0 Å². The second kappa shape index (κ2) is 7.01. The predicted octanol–water partition coefficient (Wildman–Crippen LogP) is 1.58. The molecule has 10 heteroatoms. The fourth-order valence-corrected chi connectivity index (χ4v) is 2.32. The van der Waals surface area contributed by atoms with Crippen molar-refractivity contribution in [2.75, 3.05) is 6.61 Å². The molecule has 0 aromatic carbocycles. The molecule has 0 radical (unpaired) electrons. The van der Waals surface area contributed by atoms with Gasteiger partial charge in [0.05, 0.1) is 25.0 Å². The van der Waals surface area contributed by atoms with Gasteiger partial charge in [0.15, 0.2) is 0 Å². The van der Waals surface area contributed by atoms with Crippen LogP contribution in [0.2, 0.25) is 0 Å². The van der Waals surface area contributed by atoms with E-state index in [4.69, 9.17) is 0 Å². The van der Waals surface area contributed by atoms with Crippen LogP contribution >= 0.6 is 0 Å². The van der Waals surface area contributed by atoms with Crippen LogP contribution in [0.5, 0.6) is 0 Å². The molecule has 0 spiro atoms. The van der Waals surface area contributed by atoms with Crippen molar-refractivity contribution in [3.63, 3.8) is 0 Å². The molecular formula is C11H15F4O5S-. The maximum Gasteiger partial charge on any atom is 0.371 e. The Kier molecular flexibility index (Phi) is 6.11. The van der Waals surface area contributed by atoms with E-state index in [1.165, 1.54) is 0 Å². The molecule has 5 nitrogen and oxygen atoms in total. The van der Waals surface area contributed by atoms with Crippen LogP contribution < -0.4 is 0 Å². The topological polar surface area (TPSA) is 86.7 Å². The van der Waals surface area contributed by atoms with Crippen LogP contribution in [0.25, 0.3) is 0 Å². The summed E-state index contributed by atoms with van der Waals surface area (Å²) in [4.78, 5) is 11.5. The highest BCUT2D eigenvalue weighted by atomic mass is 32.2. The average molecular weight is 335 g/mol. The molecule has 1 N–H and O–H groups in total. The van der Waals surface area contributed by atoms with E-state index < -0.39 is 53.3 Å². The first kappa shape index (κ1) is 18.3. The van der Waals surface area contributed by atoms with Gasteiger partial charge in [-0.1, -0.05) is 0 Å². The Balaban J connectivity index is 2.42. The predicted molar refractivity (Wildman–Crippen MR) is 62.4 cm³/mol. The Morgan fingerprint density at radius 3 is 2.24 bits per heavy atom. The summed E-state index contributed by atoms with van der Waals surface area (Å²) >= 11 is -4.27. The summed E-state index contributed by atoms with van der Waals surface area (Å²) in [5.74, 6) is -6.18. The first-order valence-electron chi connectivity index (χ1n) is 6.27. The van der Waals surface area contributed by atoms with Gasteiger partial charge >= 0.3 is 17.1 Å². The van der Waals surface area contributed by atoms with Crippen molar-refractivity contribution in [3.8, 4) is 0 Å². The van der Waals surface area contributed by atoms with Crippen molar-refractivity contribution >= 4 is 17.0 Å². The SMILES string of the molecule is O=C(OCCC(F)(F)C(F)(F)S(=O)[O-])C1CCC(O)CC1. The molecule has 124 valence electrons. The summed E-state index contributed by atoms with van der Waals surface area (Å²) in [7, 11) is 0. The number of rotatable bonds is 6. The Labute approximate surface area is 120 Å². The zero-order valence-electron chi connectivity index (χ0n) is 10.9. The van der Waals surface area contributed by atoms with E-state index in [0.717, 1.165) is 0 Å². The average Bonchev–Trinajstić information content (AvgIpc) is 2.38. The van der Waals surface area contributed by atoms with E-state index in [2.05, 4.69) is 4.74 Å². The third-order valence-corrected chi connectivity index (χ3v) is 4.04. The number of halogens is 4. The van der Waals surface area contributed by atoms with E-state index in [9.17, 15) is 36.2 Å². The highest BCUT2D eigenvalue weighted by Crippen LogP contribution is 2.39. The number of hydrogen-bond acceptors (Lipinski definition) is 5. The zero-order valence-corrected chi connectivity index (χ0v) is 11.7. The lowest BCUT2D eigenvalue weighted by Crippen LogP contribution is -2.44. The molecule has 0 aromatic rings. The van der Waals surface area contributed by atoms with Crippen molar-refractivity contribution in [1.29, 1.82) is 0 Å². The summed E-state index contributed by atoms with van der Waals surface area (Å²) in [6, 6.07) is 0. The quantitative estimate of drug-likeness (QED) is 0.452. The van der Waals surface area contributed by atoms with Gasteiger partial charge in [0, 0.05) is 11.1 Å². The van der Waals surface area contributed by atoms with Gasteiger partial charge in [-0.3, -0.25) is 9.00 Å². The van der Waals surface area contributed by atoms with Crippen molar-refractivity contribution in [1.82, 2.24) is 0 Å². The normalized spacial score (nSPS) is 25.4. The molecule has 0 aliphatic heterocycles. The van der Waals surface area contributed by atoms with Crippen LogP contribution in [0.15, 0.2) is 0 Å². The van der Waals surface area contributed by atoms with Crippen molar-refractivity contribution in [2.24, 2.45) is 5.92 Å². The third-order valence-electron chi connectivity index (χ3n) is 3.33. The Morgan fingerprint density at radius 1 is 1.24 bits per heavy atom. The molecule has 1 aliphatic rings. The molecule has 0 bridgehead atoms. The molecule has 1 aliphatic carbocycles. The Bertz CT molecular complexity index is 396. The number of ether oxygens (including phenoxy) is 1. The maximum absolute atomic E-state index is 13.0. The number of aliphatic hydroxyl groups is 1. The minimum atomic E-state index is -5.21. The number of aliphatic hydroxyl groups excluding tert-OH is 1. The van der Waals surface area contributed by atoms with E-state index in [0.29, 0.717) is 25.7 Å². The molecule has 0 amide bonds. The molecule has 21 heavy (non-hydrogen) atoms. The number of alkyl halides is 4. The second-order valence-electron chi connectivity index (χ2n) is 4.88. The fraction of sp³-hybridized carbons (Fsp3) is 0.909. The van der Waals surface area contributed by atoms with Crippen LogP contribution in [-0.4, -0.2) is 43.7 Å². The fourth-order valence-electron chi connectivity index (χ4n) is 1.98. The van der Waals surface area contributed by atoms with E-state index >= 15 is 0 Å². The van der Waals surface area contributed by atoms with E-state index in [-0.39, 0.29) is 0 Å². The Morgan fingerprint density at radius 2 is 1.76 bits per heavy atom. The molecule has 1 atom stereocenters. The lowest BCUT2D eigenvalue weighted by atomic mass is 9.87. The second-order valence-corrected chi connectivity index (χ2v) is 5.86. The highest BCUT2D eigenvalue weighted by molar-refractivity contribution is 7.80. The monoisotopic (exact) mass is 335 g/mol. The molecule has 1 unspecified atom stereocenters.